The van der Waals surface area contributed by atoms with Crippen LogP contribution in [0.2, 0.25) is 0 Å². The van der Waals surface area contributed by atoms with Gasteiger partial charge in [0.2, 0.25) is 0 Å². The molecule has 3 heterocycles. The number of likely N-dealkylation sites (tertiary alicyclic amines) is 1. The molecule has 2 aliphatic heterocycles. The predicted octanol–water partition coefficient (Wildman–Crippen LogP) is 0.889. The lowest BCUT2D eigenvalue weighted by Gasteiger charge is -2.37. The van der Waals surface area contributed by atoms with Gasteiger partial charge in [0.15, 0.2) is 0 Å². The van der Waals surface area contributed by atoms with Crippen molar-refractivity contribution in [3.8, 4) is 0 Å². The Bertz CT molecular complexity index is 466. The van der Waals surface area contributed by atoms with E-state index in [1.807, 2.05) is 6.07 Å². The summed E-state index contributed by atoms with van der Waals surface area (Å²) in [6, 6.07) is 3.64. The lowest BCUT2D eigenvalue weighted by molar-refractivity contribution is 0.00591. The van der Waals surface area contributed by atoms with Crippen molar-refractivity contribution in [2.24, 2.45) is 0 Å². The summed E-state index contributed by atoms with van der Waals surface area (Å²) in [4.78, 5) is 20.7. The van der Waals surface area contributed by atoms with E-state index in [9.17, 15) is 9.90 Å². The highest BCUT2D eigenvalue weighted by Crippen LogP contribution is 2.24. The van der Waals surface area contributed by atoms with E-state index in [4.69, 9.17) is 0 Å². The summed E-state index contributed by atoms with van der Waals surface area (Å²) in [5, 5.41) is 9.31. The second kappa shape index (κ2) is 5.17. The molecule has 1 aromatic rings. The van der Waals surface area contributed by atoms with Crippen molar-refractivity contribution >= 4 is 11.7 Å². The summed E-state index contributed by atoms with van der Waals surface area (Å²) in [6.45, 7) is 2.82. The van der Waals surface area contributed by atoms with E-state index in [2.05, 4.69) is 9.88 Å². The average molecular weight is 261 g/mol. The number of β-amino-alcohol motifs (C(OH)–C–C–N with tert-alkyl or cyclic N) is 1. The van der Waals surface area contributed by atoms with Gasteiger partial charge in [-0.3, -0.25) is 4.79 Å². The minimum absolute atomic E-state index is 0.0148. The molecule has 0 spiro atoms. The van der Waals surface area contributed by atoms with Crippen molar-refractivity contribution in [2.75, 3.05) is 31.1 Å². The zero-order valence-electron chi connectivity index (χ0n) is 11.0. The van der Waals surface area contributed by atoms with Crippen molar-refractivity contribution in [1.82, 2.24) is 9.88 Å². The molecule has 1 amide bonds. The van der Waals surface area contributed by atoms with Crippen LogP contribution >= 0.6 is 0 Å². The van der Waals surface area contributed by atoms with E-state index in [0.29, 0.717) is 18.7 Å². The third-order valence-electron chi connectivity index (χ3n) is 3.82. The van der Waals surface area contributed by atoms with Crippen LogP contribution in [0.25, 0.3) is 0 Å². The van der Waals surface area contributed by atoms with Gasteiger partial charge in [-0.15, -0.1) is 0 Å². The Labute approximate surface area is 112 Å². The highest BCUT2D eigenvalue weighted by atomic mass is 16.3. The quantitative estimate of drug-likeness (QED) is 0.859. The Morgan fingerprint density at radius 1 is 1.26 bits per heavy atom. The molecule has 2 saturated heterocycles. The first-order valence-electron chi connectivity index (χ1n) is 6.93. The Morgan fingerprint density at radius 3 is 2.68 bits per heavy atom. The van der Waals surface area contributed by atoms with Gasteiger partial charge in [0, 0.05) is 32.4 Å². The normalized spacial score (nSPS) is 20.3. The Balaban J connectivity index is 1.82. The molecule has 1 N–H and O–H groups in total. The van der Waals surface area contributed by atoms with Crippen LogP contribution in [-0.2, 0) is 0 Å². The van der Waals surface area contributed by atoms with E-state index in [1.54, 1.807) is 17.2 Å². The number of piperidine rings is 1. The number of pyridine rings is 1. The number of rotatable bonds is 2. The second-order valence-corrected chi connectivity index (χ2v) is 5.29. The first-order valence-corrected chi connectivity index (χ1v) is 6.93. The van der Waals surface area contributed by atoms with E-state index in [1.165, 1.54) is 6.42 Å². The molecule has 2 aliphatic rings. The van der Waals surface area contributed by atoms with Gasteiger partial charge in [0.1, 0.15) is 5.82 Å². The zero-order valence-corrected chi connectivity index (χ0v) is 11.0. The van der Waals surface area contributed by atoms with E-state index >= 15 is 0 Å². The molecule has 0 bridgehead atoms. The molecule has 0 unspecified atom stereocenters. The Morgan fingerprint density at radius 2 is 2.00 bits per heavy atom. The number of carbonyl (C=O) groups excluding carboxylic acids is 1. The summed E-state index contributed by atoms with van der Waals surface area (Å²) in [6.07, 6.45) is 4.95. The number of anilines is 1. The summed E-state index contributed by atoms with van der Waals surface area (Å²) in [7, 11) is 0. The molecule has 19 heavy (non-hydrogen) atoms. The second-order valence-electron chi connectivity index (χ2n) is 5.29. The highest BCUT2D eigenvalue weighted by molar-refractivity contribution is 5.99. The fourth-order valence-corrected chi connectivity index (χ4v) is 2.71. The maximum atomic E-state index is 12.4. The molecule has 0 saturated carbocycles. The van der Waals surface area contributed by atoms with Gasteiger partial charge in [-0.1, -0.05) is 0 Å². The van der Waals surface area contributed by atoms with Crippen LogP contribution in [0.4, 0.5) is 5.82 Å². The number of aromatic nitrogens is 1. The fraction of sp³-hybridized carbons (Fsp3) is 0.571. The minimum Gasteiger partial charge on any atom is -0.389 e. The van der Waals surface area contributed by atoms with Gasteiger partial charge in [0.25, 0.3) is 5.91 Å². The lowest BCUT2D eigenvalue weighted by Crippen LogP contribution is -2.53. The molecule has 0 aromatic carbocycles. The van der Waals surface area contributed by atoms with Crippen molar-refractivity contribution in [3.63, 3.8) is 0 Å². The molecule has 1 aromatic heterocycles. The third kappa shape index (κ3) is 2.42. The van der Waals surface area contributed by atoms with Crippen molar-refractivity contribution in [1.29, 1.82) is 0 Å². The summed E-state index contributed by atoms with van der Waals surface area (Å²) < 4.78 is 0. The van der Waals surface area contributed by atoms with E-state index < -0.39 is 0 Å². The summed E-state index contributed by atoms with van der Waals surface area (Å²) in [5.41, 5.74) is 0.663. The van der Waals surface area contributed by atoms with Gasteiger partial charge in [-0.2, -0.15) is 0 Å². The molecule has 5 heteroatoms. The van der Waals surface area contributed by atoms with Crippen LogP contribution in [0.5, 0.6) is 0 Å². The smallest absolute Gasteiger partial charge is 0.257 e. The standard InChI is InChI=1S/C14H19N3O2/c18-11-9-17(10-11)14(19)12-5-4-6-15-13(12)16-7-2-1-3-8-16/h4-6,11,18H,1-3,7-10H2. The summed E-state index contributed by atoms with van der Waals surface area (Å²) >= 11 is 0. The van der Waals surface area contributed by atoms with Crippen molar-refractivity contribution in [3.05, 3.63) is 23.9 Å². The van der Waals surface area contributed by atoms with Crippen LogP contribution in [0.1, 0.15) is 29.6 Å². The maximum Gasteiger partial charge on any atom is 0.257 e. The first-order chi connectivity index (χ1) is 9.25. The zero-order chi connectivity index (χ0) is 13.2. The average Bonchev–Trinajstić information content (AvgIpc) is 2.44. The van der Waals surface area contributed by atoms with Crippen LogP contribution < -0.4 is 4.90 Å². The number of hydrogen-bond acceptors (Lipinski definition) is 4. The van der Waals surface area contributed by atoms with Crippen LogP contribution in [0, 0.1) is 0 Å². The SMILES string of the molecule is O=C(c1cccnc1N1CCCCC1)N1CC(O)C1. The number of amides is 1. The minimum atomic E-state index is -0.362. The van der Waals surface area contributed by atoms with Gasteiger partial charge in [-0.25, -0.2) is 4.98 Å². The van der Waals surface area contributed by atoms with Gasteiger partial charge in [0.05, 0.1) is 11.7 Å². The lowest BCUT2D eigenvalue weighted by atomic mass is 10.1. The summed E-state index contributed by atoms with van der Waals surface area (Å²) in [5.74, 6) is 0.785. The first kappa shape index (κ1) is 12.4. The molecular weight excluding hydrogens is 242 g/mol. The van der Waals surface area contributed by atoms with Gasteiger partial charge in [-0.05, 0) is 31.4 Å². The number of aliphatic hydroxyl groups is 1. The van der Waals surface area contributed by atoms with Crippen LogP contribution in [-0.4, -0.2) is 53.2 Å². The Kier molecular flexibility index (Phi) is 3.38. The van der Waals surface area contributed by atoms with Crippen molar-refractivity contribution < 1.29 is 9.90 Å². The van der Waals surface area contributed by atoms with Crippen LogP contribution in [0.15, 0.2) is 18.3 Å². The Hall–Kier alpha value is -1.62. The largest absolute Gasteiger partial charge is 0.389 e. The fourth-order valence-electron chi connectivity index (χ4n) is 2.71. The van der Waals surface area contributed by atoms with E-state index in [0.717, 1.165) is 31.7 Å². The molecule has 102 valence electrons. The number of nitrogens with zero attached hydrogens (tertiary/aromatic N) is 3. The molecule has 3 rings (SSSR count). The number of aliphatic hydroxyl groups excluding tert-OH is 1. The third-order valence-corrected chi connectivity index (χ3v) is 3.82. The maximum absolute atomic E-state index is 12.4. The number of carbonyl (C=O) groups is 1. The molecule has 5 nitrogen and oxygen atoms in total. The van der Waals surface area contributed by atoms with Gasteiger partial charge >= 0.3 is 0 Å². The molecule has 0 atom stereocenters. The molecular formula is C14H19N3O2. The highest BCUT2D eigenvalue weighted by Gasteiger charge is 2.31. The molecule has 0 aliphatic carbocycles. The number of hydrogen-bond donors (Lipinski definition) is 1. The van der Waals surface area contributed by atoms with Crippen LogP contribution in [0.3, 0.4) is 0 Å². The molecule has 2 fully saturated rings. The topological polar surface area (TPSA) is 56.7 Å². The van der Waals surface area contributed by atoms with Gasteiger partial charge < -0.3 is 14.9 Å². The molecule has 0 radical (unpaired) electrons. The monoisotopic (exact) mass is 261 g/mol. The van der Waals surface area contributed by atoms with E-state index in [-0.39, 0.29) is 12.0 Å². The van der Waals surface area contributed by atoms with Crippen molar-refractivity contribution in [2.45, 2.75) is 25.4 Å². The predicted molar refractivity (Wildman–Crippen MR) is 72.2 cm³/mol.